The van der Waals surface area contributed by atoms with Crippen LogP contribution in [0.1, 0.15) is 23.2 Å². The van der Waals surface area contributed by atoms with Gasteiger partial charge in [0.2, 0.25) is 11.8 Å². The number of hydrogen-bond donors (Lipinski definition) is 0. The molecule has 3 amide bonds. The first-order chi connectivity index (χ1) is 14.8. The Hall–Kier alpha value is -2.52. The van der Waals surface area contributed by atoms with Crippen molar-refractivity contribution >= 4 is 74.1 Å². The van der Waals surface area contributed by atoms with Gasteiger partial charge in [-0.3, -0.25) is 24.2 Å². The third-order valence-corrected chi connectivity index (χ3v) is 6.36. The molecule has 0 atom stereocenters. The van der Waals surface area contributed by atoms with Gasteiger partial charge in [0.25, 0.3) is 5.91 Å². The van der Waals surface area contributed by atoms with Crippen LogP contribution in [-0.2, 0) is 9.59 Å². The second-order valence-corrected chi connectivity index (χ2v) is 8.93. The van der Waals surface area contributed by atoms with Crippen LogP contribution in [0.4, 0.5) is 10.8 Å². The summed E-state index contributed by atoms with van der Waals surface area (Å²) in [5.74, 6) is -0.752. The summed E-state index contributed by atoms with van der Waals surface area (Å²) in [7, 11) is 3.87. The van der Waals surface area contributed by atoms with Gasteiger partial charge in [-0.2, -0.15) is 0 Å². The molecule has 2 aromatic carbocycles. The summed E-state index contributed by atoms with van der Waals surface area (Å²) in [5, 5.41) is 1.08. The van der Waals surface area contributed by atoms with E-state index in [2.05, 4.69) is 4.98 Å². The van der Waals surface area contributed by atoms with Crippen molar-refractivity contribution in [2.24, 2.45) is 0 Å². The zero-order chi connectivity index (χ0) is 22.1. The molecule has 1 aliphatic rings. The molecule has 7 nitrogen and oxygen atoms in total. The summed E-state index contributed by atoms with van der Waals surface area (Å²) >= 11 is 7.68. The summed E-state index contributed by atoms with van der Waals surface area (Å²) in [6, 6.07) is 12.2. The lowest BCUT2D eigenvalue weighted by Crippen LogP contribution is -2.37. The number of hydrogen-bond acceptors (Lipinski definition) is 6. The molecule has 0 N–H and O–H groups in total. The number of amides is 3. The first kappa shape index (κ1) is 24.1. The monoisotopic (exact) mass is 492 g/mol. The molecular formula is C22H22Cl2N4O3S. The SMILES string of the molecule is CN(C)CCN(C(=O)c1cccc(N2C(=O)CCC2=O)c1)c1nc2c(Cl)cccc2s1.Cl. The summed E-state index contributed by atoms with van der Waals surface area (Å²) in [4.78, 5) is 47.1. The Kier molecular flexibility index (Phi) is 7.51. The molecular weight excluding hydrogens is 471 g/mol. The number of fused-ring (bicyclic) bond motifs is 1. The van der Waals surface area contributed by atoms with E-state index in [1.54, 1.807) is 35.2 Å². The van der Waals surface area contributed by atoms with Crippen LogP contribution in [-0.4, -0.2) is 54.8 Å². The Morgan fingerprint density at radius 1 is 1.09 bits per heavy atom. The number of benzene rings is 2. The summed E-state index contributed by atoms with van der Waals surface area (Å²) < 4.78 is 0.896. The highest BCUT2D eigenvalue weighted by atomic mass is 35.5. The zero-order valence-corrected chi connectivity index (χ0v) is 20.0. The molecule has 0 spiro atoms. The molecule has 4 rings (SSSR count). The van der Waals surface area contributed by atoms with E-state index < -0.39 is 0 Å². The highest BCUT2D eigenvalue weighted by Gasteiger charge is 2.31. The van der Waals surface area contributed by atoms with Gasteiger partial charge in [-0.15, -0.1) is 12.4 Å². The van der Waals surface area contributed by atoms with Crippen LogP contribution in [0, 0.1) is 0 Å². The van der Waals surface area contributed by atoms with Crippen LogP contribution >= 0.6 is 35.3 Å². The van der Waals surface area contributed by atoms with E-state index in [9.17, 15) is 14.4 Å². The van der Waals surface area contributed by atoms with Gasteiger partial charge in [-0.1, -0.05) is 35.1 Å². The average Bonchev–Trinajstić information content (AvgIpc) is 3.32. The second kappa shape index (κ2) is 9.95. The molecule has 32 heavy (non-hydrogen) atoms. The van der Waals surface area contributed by atoms with E-state index in [4.69, 9.17) is 11.6 Å². The van der Waals surface area contributed by atoms with Gasteiger partial charge in [0.05, 0.1) is 15.4 Å². The largest absolute Gasteiger partial charge is 0.308 e. The smallest absolute Gasteiger partial charge is 0.260 e. The number of likely N-dealkylation sites (N-methyl/N-ethyl adjacent to an activating group) is 1. The molecule has 0 saturated carbocycles. The maximum atomic E-state index is 13.5. The fourth-order valence-corrected chi connectivity index (χ4v) is 4.69. The third-order valence-electron chi connectivity index (χ3n) is 5.01. The number of thiazole rings is 1. The minimum Gasteiger partial charge on any atom is -0.308 e. The Morgan fingerprint density at radius 3 is 2.44 bits per heavy atom. The standard InChI is InChI=1S/C22H21ClN4O3S.ClH/c1-25(2)11-12-26(22-24-20-16(23)7-4-8-17(20)31-22)21(30)14-5-3-6-15(13-14)27-18(28)9-10-19(27)29;/h3-8,13H,9-12H2,1-2H3;1H. The number of carbonyl (C=O) groups is 3. The molecule has 0 aliphatic carbocycles. The van der Waals surface area contributed by atoms with E-state index >= 15 is 0 Å². The van der Waals surface area contributed by atoms with Crippen molar-refractivity contribution < 1.29 is 14.4 Å². The predicted molar refractivity (Wildman–Crippen MR) is 130 cm³/mol. The van der Waals surface area contributed by atoms with Crippen molar-refractivity contribution in [3.63, 3.8) is 0 Å². The van der Waals surface area contributed by atoms with Crippen LogP contribution in [0.5, 0.6) is 0 Å². The Morgan fingerprint density at radius 2 is 1.78 bits per heavy atom. The molecule has 2 heterocycles. The van der Waals surface area contributed by atoms with E-state index in [0.29, 0.717) is 40.0 Å². The summed E-state index contributed by atoms with van der Waals surface area (Å²) in [6.07, 6.45) is 0.386. The molecule has 0 radical (unpaired) electrons. The molecule has 1 aromatic heterocycles. The number of halogens is 2. The lowest BCUT2D eigenvalue weighted by molar-refractivity contribution is -0.121. The molecule has 1 aliphatic heterocycles. The van der Waals surface area contributed by atoms with Crippen LogP contribution in [0.25, 0.3) is 10.2 Å². The van der Waals surface area contributed by atoms with Crippen molar-refractivity contribution in [1.29, 1.82) is 0 Å². The number of rotatable bonds is 6. The lowest BCUT2D eigenvalue weighted by Gasteiger charge is -2.22. The van der Waals surface area contributed by atoms with Crippen LogP contribution in [0.15, 0.2) is 42.5 Å². The number of imide groups is 1. The summed E-state index contributed by atoms with van der Waals surface area (Å²) in [6.45, 7) is 1.06. The van der Waals surface area contributed by atoms with Gasteiger partial charge >= 0.3 is 0 Å². The Bertz CT molecular complexity index is 1160. The summed E-state index contributed by atoms with van der Waals surface area (Å²) in [5.41, 5.74) is 1.46. The normalized spacial score (nSPS) is 13.7. The minimum absolute atomic E-state index is 0. The number of anilines is 2. The minimum atomic E-state index is -0.252. The third kappa shape index (κ3) is 4.78. The predicted octanol–water partition coefficient (Wildman–Crippen LogP) is 4.23. The maximum absolute atomic E-state index is 13.5. The lowest BCUT2D eigenvalue weighted by atomic mass is 10.1. The van der Waals surface area contributed by atoms with Crippen molar-refractivity contribution in [3.8, 4) is 0 Å². The number of aromatic nitrogens is 1. The average molecular weight is 493 g/mol. The maximum Gasteiger partial charge on any atom is 0.260 e. The Balaban J connectivity index is 0.00000289. The fourth-order valence-electron chi connectivity index (χ4n) is 3.40. The first-order valence-corrected chi connectivity index (χ1v) is 11.0. The molecule has 3 aromatic rings. The van der Waals surface area contributed by atoms with Gasteiger partial charge in [0.1, 0.15) is 5.52 Å². The highest BCUT2D eigenvalue weighted by molar-refractivity contribution is 7.22. The van der Waals surface area contributed by atoms with E-state index in [-0.39, 0.29) is 43.0 Å². The van der Waals surface area contributed by atoms with Gasteiger partial charge in [-0.25, -0.2) is 4.98 Å². The topological polar surface area (TPSA) is 73.8 Å². The van der Waals surface area contributed by atoms with Crippen molar-refractivity contribution in [3.05, 3.63) is 53.1 Å². The first-order valence-electron chi connectivity index (χ1n) is 9.82. The molecule has 0 unspecified atom stereocenters. The van der Waals surface area contributed by atoms with E-state index in [1.807, 2.05) is 31.1 Å². The van der Waals surface area contributed by atoms with E-state index in [0.717, 1.165) is 9.60 Å². The van der Waals surface area contributed by atoms with Crippen LogP contribution in [0.3, 0.4) is 0 Å². The number of para-hydroxylation sites is 1. The molecule has 1 saturated heterocycles. The molecule has 168 valence electrons. The molecule has 10 heteroatoms. The van der Waals surface area contributed by atoms with Gasteiger partial charge in [-0.05, 0) is 44.4 Å². The zero-order valence-electron chi connectivity index (χ0n) is 17.6. The van der Waals surface area contributed by atoms with Gasteiger partial charge in [0, 0.05) is 31.5 Å². The van der Waals surface area contributed by atoms with Gasteiger partial charge < -0.3 is 4.90 Å². The highest BCUT2D eigenvalue weighted by Crippen LogP contribution is 2.33. The van der Waals surface area contributed by atoms with Gasteiger partial charge in [0.15, 0.2) is 5.13 Å². The number of carbonyl (C=O) groups excluding carboxylic acids is 3. The van der Waals surface area contributed by atoms with Crippen LogP contribution < -0.4 is 9.80 Å². The van der Waals surface area contributed by atoms with Crippen molar-refractivity contribution in [2.75, 3.05) is 37.0 Å². The van der Waals surface area contributed by atoms with E-state index in [1.165, 1.54) is 11.3 Å². The fraction of sp³-hybridized carbons (Fsp3) is 0.273. The molecule has 0 bridgehead atoms. The van der Waals surface area contributed by atoms with Crippen LogP contribution in [0.2, 0.25) is 5.02 Å². The number of nitrogens with zero attached hydrogens (tertiary/aromatic N) is 4. The Labute approximate surface area is 201 Å². The quantitative estimate of drug-likeness (QED) is 0.481. The van der Waals surface area contributed by atoms with Crippen molar-refractivity contribution in [1.82, 2.24) is 9.88 Å². The van der Waals surface area contributed by atoms with Crippen molar-refractivity contribution in [2.45, 2.75) is 12.8 Å². The second-order valence-electron chi connectivity index (χ2n) is 7.52. The molecule has 1 fully saturated rings.